The topological polar surface area (TPSA) is 46.9 Å². The Balaban J connectivity index is 1.50. The van der Waals surface area contributed by atoms with Crippen LogP contribution in [0.4, 0.5) is 0 Å². The molecule has 4 nitrogen and oxygen atoms in total. The third-order valence-corrected chi connectivity index (χ3v) is 5.77. The van der Waals surface area contributed by atoms with Gasteiger partial charge in [0.25, 0.3) is 5.91 Å². The van der Waals surface area contributed by atoms with E-state index in [1.54, 1.807) is 0 Å². The quantitative estimate of drug-likeness (QED) is 0.475. The van der Waals surface area contributed by atoms with Gasteiger partial charge in [0.1, 0.15) is 0 Å². The lowest BCUT2D eigenvalue weighted by molar-refractivity contribution is 0.0958. The monoisotopic (exact) mass is 389 g/mol. The summed E-state index contributed by atoms with van der Waals surface area (Å²) in [6.45, 7) is 3.70. The van der Waals surface area contributed by atoms with E-state index in [1.807, 2.05) is 48.5 Å². The highest BCUT2D eigenvalue weighted by Gasteiger charge is 2.16. The van der Waals surface area contributed by atoms with Crippen LogP contribution >= 0.6 is 11.3 Å². The molecule has 2 heterocycles. The first kappa shape index (κ1) is 18.4. The predicted molar refractivity (Wildman–Crippen MR) is 116 cm³/mol. The number of carbonyl (C=O) groups is 1. The zero-order chi connectivity index (χ0) is 19.3. The van der Waals surface area contributed by atoms with Crippen molar-refractivity contribution in [3.05, 3.63) is 77.2 Å². The zero-order valence-corrected chi connectivity index (χ0v) is 16.7. The van der Waals surface area contributed by atoms with Crippen LogP contribution < -0.4 is 5.32 Å². The Morgan fingerprint density at radius 1 is 1.04 bits per heavy atom. The van der Waals surface area contributed by atoms with Crippen molar-refractivity contribution >= 4 is 28.3 Å². The summed E-state index contributed by atoms with van der Waals surface area (Å²) >= 11 is 1.50. The van der Waals surface area contributed by atoms with Crippen LogP contribution in [0, 0.1) is 0 Å². The van der Waals surface area contributed by atoms with E-state index >= 15 is 0 Å². The fraction of sp³-hybridized carbons (Fsp3) is 0.217. The Hall–Kier alpha value is -2.92. The van der Waals surface area contributed by atoms with Crippen molar-refractivity contribution in [2.24, 2.45) is 0 Å². The lowest BCUT2D eigenvalue weighted by atomic mass is 10.1. The number of para-hydroxylation sites is 2. The van der Waals surface area contributed by atoms with Crippen molar-refractivity contribution in [2.45, 2.75) is 26.3 Å². The SMILES string of the molecule is CCCn1c(-c2ccc(C(=O)NCCc3ccccc3)s2)nc2ccccc21. The van der Waals surface area contributed by atoms with Crippen molar-refractivity contribution in [1.82, 2.24) is 14.9 Å². The largest absolute Gasteiger partial charge is 0.351 e. The number of rotatable bonds is 7. The summed E-state index contributed by atoms with van der Waals surface area (Å²) in [6, 6.07) is 22.3. The fourth-order valence-corrected chi connectivity index (χ4v) is 4.27. The molecule has 1 N–H and O–H groups in total. The van der Waals surface area contributed by atoms with Gasteiger partial charge in [-0.3, -0.25) is 4.79 Å². The van der Waals surface area contributed by atoms with E-state index in [1.165, 1.54) is 16.9 Å². The Bertz CT molecular complexity index is 1080. The van der Waals surface area contributed by atoms with Crippen LogP contribution in [0.15, 0.2) is 66.7 Å². The van der Waals surface area contributed by atoms with E-state index in [4.69, 9.17) is 4.98 Å². The number of aromatic nitrogens is 2. The van der Waals surface area contributed by atoms with Gasteiger partial charge in [-0.1, -0.05) is 49.4 Å². The standard InChI is InChI=1S/C23H23N3OS/c1-2-16-26-19-11-7-6-10-18(19)25-22(26)20-12-13-21(28-20)23(27)24-15-14-17-8-4-3-5-9-17/h3-13H,2,14-16H2,1H3,(H,24,27). The van der Waals surface area contributed by atoms with Gasteiger partial charge in [-0.15, -0.1) is 11.3 Å². The minimum Gasteiger partial charge on any atom is -0.351 e. The second kappa shape index (κ2) is 8.40. The molecular weight excluding hydrogens is 366 g/mol. The van der Waals surface area contributed by atoms with Crippen LogP contribution in [-0.2, 0) is 13.0 Å². The summed E-state index contributed by atoms with van der Waals surface area (Å²) in [5.41, 5.74) is 3.36. The van der Waals surface area contributed by atoms with Gasteiger partial charge in [0.2, 0.25) is 0 Å². The number of amides is 1. The van der Waals surface area contributed by atoms with Crippen LogP contribution in [-0.4, -0.2) is 22.0 Å². The number of hydrogen-bond donors (Lipinski definition) is 1. The molecule has 0 spiro atoms. The molecule has 0 aliphatic carbocycles. The fourth-order valence-electron chi connectivity index (χ4n) is 3.35. The van der Waals surface area contributed by atoms with Gasteiger partial charge >= 0.3 is 0 Å². The maximum atomic E-state index is 12.5. The minimum atomic E-state index is -0.0228. The first-order valence-corrected chi connectivity index (χ1v) is 10.5. The maximum Gasteiger partial charge on any atom is 0.261 e. The van der Waals surface area contributed by atoms with Crippen molar-refractivity contribution in [3.8, 4) is 10.7 Å². The molecule has 4 aromatic rings. The van der Waals surface area contributed by atoms with Gasteiger partial charge < -0.3 is 9.88 Å². The van der Waals surface area contributed by atoms with E-state index < -0.39 is 0 Å². The van der Waals surface area contributed by atoms with E-state index in [-0.39, 0.29) is 5.91 Å². The number of carbonyl (C=O) groups excluding carboxylic acids is 1. The number of fused-ring (bicyclic) bond motifs is 1. The maximum absolute atomic E-state index is 12.5. The molecule has 0 aliphatic heterocycles. The van der Waals surface area contributed by atoms with Gasteiger partial charge in [-0.25, -0.2) is 4.98 Å². The molecule has 0 aliphatic rings. The van der Waals surface area contributed by atoms with Crippen LogP contribution in [0.1, 0.15) is 28.6 Å². The molecular formula is C23H23N3OS. The normalized spacial score (nSPS) is 11.0. The lowest BCUT2D eigenvalue weighted by Gasteiger charge is -2.06. The summed E-state index contributed by atoms with van der Waals surface area (Å²) in [7, 11) is 0. The van der Waals surface area contributed by atoms with Crippen LogP contribution in [0.5, 0.6) is 0 Å². The molecule has 1 amide bonds. The highest BCUT2D eigenvalue weighted by Crippen LogP contribution is 2.30. The van der Waals surface area contributed by atoms with Crippen molar-refractivity contribution < 1.29 is 4.79 Å². The highest BCUT2D eigenvalue weighted by molar-refractivity contribution is 7.17. The summed E-state index contributed by atoms with van der Waals surface area (Å²) in [5.74, 6) is 0.918. The average molecular weight is 390 g/mol. The van der Waals surface area contributed by atoms with Crippen LogP contribution in [0.3, 0.4) is 0 Å². The molecule has 2 aromatic heterocycles. The van der Waals surface area contributed by atoms with E-state index in [0.29, 0.717) is 6.54 Å². The third-order valence-electron chi connectivity index (χ3n) is 4.69. The Kier molecular flexibility index (Phi) is 5.53. The van der Waals surface area contributed by atoms with Gasteiger partial charge in [0.05, 0.1) is 20.8 Å². The number of hydrogen-bond acceptors (Lipinski definition) is 3. The number of aryl methyl sites for hydroxylation is 1. The van der Waals surface area contributed by atoms with Crippen molar-refractivity contribution in [3.63, 3.8) is 0 Å². The number of benzene rings is 2. The van der Waals surface area contributed by atoms with Crippen LogP contribution in [0.2, 0.25) is 0 Å². The Labute approximate surface area is 168 Å². The number of thiophene rings is 1. The molecule has 0 unspecified atom stereocenters. The van der Waals surface area contributed by atoms with Crippen LogP contribution in [0.25, 0.3) is 21.7 Å². The molecule has 4 rings (SSSR count). The molecule has 0 bridgehead atoms. The highest BCUT2D eigenvalue weighted by atomic mass is 32.1. The molecule has 142 valence electrons. The molecule has 0 fully saturated rings. The van der Waals surface area contributed by atoms with E-state index in [0.717, 1.165) is 46.0 Å². The second-order valence-corrected chi connectivity index (χ2v) is 7.81. The summed E-state index contributed by atoms with van der Waals surface area (Å²) in [5, 5.41) is 3.02. The van der Waals surface area contributed by atoms with Gasteiger partial charge in [-0.2, -0.15) is 0 Å². The first-order valence-electron chi connectivity index (χ1n) is 9.64. The van der Waals surface area contributed by atoms with Gasteiger partial charge in [-0.05, 0) is 42.7 Å². The Morgan fingerprint density at radius 3 is 2.64 bits per heavy atom. The molecule has 28 heavy (non-hydrogen) atoms. The smallest absolute Gasteiger partial charge is 0.261 e. The lowest BCUT2D eigenvalue weighted by Crippen LogP contribution is -2.24. The summed E-state index contributed by atoms with van der Waals surface area (Å²) in [4.78, 5) is 19.1. The zero-order valence-electron chi connectivity index (χ0n) is 15.9. The summed E-state index contributed by atoms with van der Waals surface area (Å²) in [6.07, 6.45) is 1.86. The minimum absolute atomic E-state index is 0.0228. The molecule has 5 heteroatoms. The third kappa shape index (κ3) is 3.85. The summed E-state index contributed by atoms with van der Waals surface area (Å²) < 4.78 is 2.25. The predicted octanol–water partition coefficient (Wildman–Crippen LogP) is 5.15. The number of nitrogens with zero attached hydrogens (tertiary/aromatic N) is 2. The van der Waals surface area contributed by atoms with Crippen molar-refractivity contribution in [1.29, 1.82) is 0 Å². The van der Waals surface area contributed by atoms with Crippen molar-refractivity contribution in [2.75, 3.05) is 6.54 Å². The average Bonchev–Trinajstić information content (AvgIpc) is 3.34. The molecule has 0 saturated heterocycles. The number of nitrogens with one attached hydrogen (secondary N) is 1. The second-order valence-electron chi connectivity index (χ2n) is 6.73. The van der Waals surface area contributed by atoms with E-state index in [9.17, 15) is 4.79 Å². The Morgan fingerprint density at radius 2 is 1.82 bits per heavy atom. The number of imidazole rings is 1. The van der Waals surface area contributed by atoms with Gasteiger partial charge in [0, 0.05) is 13.1 Å². The first-order chi connectivity index (χ1) is 13.8. The molecule has 0 saturated carbocycles. The molecule has 2 aromatic carbocycles. The van der Waals surface area contributed by atoms with Gasteiger partial charge in [0.15, 0.2) is 5.82 Å². The molecule has 0 atom stereocenters. The molecule has 0 radical (unpaired) electrons. The van der Waals surface area contributed by atoms with E-state index in [2.05, 4.69) is 35.0 Å².